The van der Waals surface area contributed by atoms with Crippen molar-refractivity contribution in [1.82, 2.24) is 9.80 Å². The van der Waals surface area contributed by atoms with Gasteiger partial charge in [-0.1, -0.05) is 37.3 Å². The molecule has 0 saturated carbocycles. The van der Waals surface area contributed by atoms with Crippen LogP contribution in [-0.4, -0.2) is 59.1 Å². The van der Waals surface area contributed by atoms with Crippen LogP contribution in [0.3, 0.4) is 0 Å². The SMILES string of the molecule is CCCN(CC(=O)O)C(=O)C1(C(F)(F)F)CCN(Cc2ccccc2)C1. The van der Waals surface area contributed by atoms with E-state index in [1.54, 1.807) is 11.8 Å². The van der Waals surface area contributed by atoms with E-state index in [4.69, 9.17) is 5.11 Å². The Morgan fingerprint density at radius 2 is 1.92 bits per heavy atom. The molecule has 1 atom stereocenters. The van der Waals surface area contributed by atoms with Gasteiger partial charge in [0.25, 0.3) is 0 Å². The normalized spacial score (nSPS) is 20.9. The first-order valence-electron chi connectivity index (χ1n) is 8.54. The summed E-state index contributed by atoms with van der Waals surface area (Å²) in [6, 6.07) is 9.09. The summed E-state index contributed by atoms with van der Waals surface area (Å²) in [4.78, 5) is 26.2. The number of halogens is 3. The second kappa shape index (κ2) is 8.07. The van der Waals surface area contributed by atoms with Crippen LogP contribution in [-0.2, 0) is 16.1 Å². The maximum Gasteiger partial charge on any atom is 0.404 e. The first-order chi connectivity index (χ1) is 12.2. The Morgan fingerprint density at radius 1 is 1.27 bits per heavy atom. The topological polar surface area (TPSA) is 60.9 Å². The van der Waals surface area contributed by atoms with Gasteiger partial charge < -0.3 is 10.0 Å². The lowest BCUT2D eigenvalue weighted by molar-refractivity contribution is -0.224. The Morgan fingerprint density at radius 3 is 2.46 bits per heavy atom. The number of benzene rings is 1. The van der Waals surface area contributed by atoms with Crippen molar-refractivity contribution < 1.29 is 27.9 Å². The van der Waals surface area contributed by atoms with Gasteiger partial charge in [0, 0.05) is 19.6 Å². The summed E-state index contributed by atoms with van der Waals surface area (Å²) in [6.45, 7) is 0.958. The molecule has 8 heteroatoms. The lowest BCUT2D eigenvalue weighted by Gasteiger charge is -2.35. The fraction of sp³-hybridized carbons (Fsp3) is 0.556. The number of nitrogens with zero attached hydrogens (tertiary/aromatic N) is 2. The number of amides is 1. The number of alkyl halides is 3. The van der Waals surface area contributed by atoms with Crippen LogP contribution in [0.5, 0.6) is 0 Å². The van der Waals surface area contributed by atoms with E-state index < -0.39 is 36.6 Å². The number of hydrogen-bond acceptors (Lipinski definition) is 3. The number of carbonyl (C=O) groups excluding carboxylic acids is 1. The number of hydrogen-bond donors (Lipinski definition) is 1. The smallest absolute Gasteiger partial charge is 0.404 e. The number of aliphatic carboxylic acids is 1. The third-order valence-corrected chi connectivity index (χ3v) is 4.66. The largest absolute Gasteiger partial charge is 0.480 e. The van der Waals surface area contributed by atoms with E-state index >= 15 is 0 Å². The quantitative estimate of drug-likeness (QED) is 0.800. The number of rotatable bonds is 7. The molecular formula is C18H23F3N2O3. The molecule has 1 aliphatic rings. The molecule has 1 heterocycles. The van der Waals surface area contributed by atoms with E-state index in [0.717, 1.165) is 10.5 Å². The van der Waals surface area contributed by atoms with Crippen LogP contribution in [0.15, 0.2) is 30.3 Å². The molecule has 1 aliphatic heterocycles. The number of carboxylic acid groups (broad SMARTS) is 1. The van der Waals surface area contributed by atoms with Crippen molar-refractivity contribution in [3.05, 3.63) is 35.9 Å². The van der Waals surface area contributed by atoms with Gasteiger partial charge in [-0.25, -0.2) is 0 Å². The van der Waals surface area contributed by atoms with Gasteiger partial charge >= 0.3 is 12.1 Å². The van der Waals surface area contributed by atoms with Gasteiger partial charge in [-0.2, -0.15) is 13.2 Å². The summed E-state index contributed by atoms with van der Waals surface area (Å²) in [7, 11) is 0. The molecule has 1 saturated heterocycles. The predicted octanol–water partition coefficient (Wildman–Crippen LogP) is 2.76. The molecule has 1 fully saturated rings. The van der Waals surface area contributed by atoms with Crippen molar-refractivity contribution in [2.45, 2.75) is 32.5 Å². The zero-order valence-corrected chi connectivity index (χ0v) is 14.6. The molecular weight excluding hydrogens is 349 g/mol. The van der Waals surface area contributed by atoms with Crippen LogP contribution >= 0.6 is 0 Å². The molecule has 0 aliphatic carbocycles. The second-order valence-electron chi connectivity index (χ2n) is 6.65. The zero-order valence-electron chi connectivity index (χ0n) is 14.6. The van der Waals surface area contributed by atoms with Crippen molar-refractivity contribution in [2.75, 3.05) is 26.2 Å². The molecule has 2 rings (SSSR count). The molecule has 5 nitrogen and oxygen atoms in total. The first kappa shape index (κ1) is 20.2. The maximum atomic E-state index is 13.9. The molecule has 26 heavy (non-hydrogen) atoms. The van der Waals surface area contributed by atoms with Gasteiger partial charge in [-0.15, -0.1) is 0 Å². The van der Waals surface area contributed by atoms with E-state index in [2.05, 4.69) is 0 Å². The lowest BCUT2D eigenvalue weighted by atomic mass is 9.84. The zero-order chi connectivity index (χ0) is 19.4. The van der Waals surface area contributed by atoms with Crippen LogP contribution in [0.4, 0.5) is 13.2 Å². The van der Waals surface area contributed by atoms with Gasteiger partial charge in [0.15, 0.2) is 5.41 Å². The summed E-state index contributed by atoms with van der Waals surface area (Å²) in [5.74, 6) is -2.45. The Labute approximate surface area is 150 Å². The van der Waals surface area contributed by atoms with Crippen LogP contribution in [0.25, 0.3) is 0 Å². The van der Waals surface area contributed by atoms with Crippen molar-refractivity contribution >= 4 is 11.9 Å². The van der Waals surface area contributed by atoms with Crippen molar-refractivity contribution in [1.29, 1.82) is 0 Å². The van der Waals surface area contributed by atoms with Crippen LogP contribution in [0.2, 0.25) is 0 Å². The molecule has 1 unspecified atom stereocenters. The highest BCUT2D eigenvalue weighted by Crippen LogP contribution is 2.47. The van der Waals surface area contributed by atoms with Gasteiger partial charge in [0.2, 0.25) is 5.91 Å². The van der Waals surface area contributed by atoms with Gasteiger partial charge in [0.1, 0.15) is 6.54 Å². The summed E-state index contributed by atoms with van der Waals surface area (Å²) in [5.41, 5.74) is -1.68. The molecule has 0 aromatic heterocycles. The summed E-state index contributed by atoms with van der Waals surface area (Å²) >= 11 is 0. The fourth-order valence-corrected chi connectivity index (χ4v) is 3.38. The molecule has 0 radical (unpaired) electrons. The Kier molecular flexibility index (Phi) is 6.28. The molecule has 0 spiro atoms. The number of carboxylic acids is 1. The van der Waals surface area contributed by atoms with Crippen molar-refractivity contribution in [3.63, 3.8) is 0 Å². The molecule has 1 amide bonds. The van der Waals surface area contributed by atoms with Gasteiger partial charge in [-0.05, 0) is 24.9 Å². The van der Waals surface area contributed by atoms with E-state index in [1.165, 1.54) is 0 Å². The molecule has 144 valence electrons. The molecule has 1 aromatic rings. The van der Waals surface area contributed by atoms with Crippen molar-refractivity contribution in [2.24, 2.45) is 5.41 Å². The summed E-state index contributed by atoms with van der Waals surface area (Å²) in [5, 5.41) is 8.95. The fourth-order valence-electron chi connectivity index (χ4n) is 3.38. The van der Waals surface area contributed by atoms with Crippen LogP contribution in [0, 0.1) is 5.41 Å². The average Bonchev–Trinajstić information content (AvgIpc) is 2.99. The monoisotopic (exact) mass is 372 g/mol. The van der Waals surface area contributed by atoms with E-state index in [1.807, 2.05) is 30.3 Å². The van der Waals surface area contributed by atoms with Gasteiger partial charge in [-0.3, -0.25) is 14.5 Å². The highest BCUT2D eigenvalue weighted by atomic mass is 19.4. The molecule has 0 bridgehead atoms. The number of carbonyl (C=O) groups is 2. The highest BCUT2D eigenvalue weighted by Gasteiger charge is 2.64. The third-order valence-electron chi connectivity index (χ3n) is 4.66. The second-order valence-corrected chi connectivity index (χ2v) is 6.65. The summed E-state index contributed by atoms with van der Waals surface area (Å²) < 4.78 is 41.7. The third kappa shape index (κ3) is 4.35. The predicted molar refractivity (Wildman–Crippen MR) is 89.3 cm³/mol. The minimum Gasteiger partial charge on any atom is -0.480 e. The maximum absolute atomic E-state index is 13.9. The Hall–Kier alpha value is -2.09. The Bertz CT molecular complexity index is 636. The van der Waals surface area contributed by atoms with E-state index in [0.29, 0.717) is 13.0 Å². The standard InChI is InChI=1S/C18H23F3N2O3/c1-2-9-23(12-15(24)25)16(26)17(18(19,20)21)8-10-22(13-17)11-14-6-4-3-5-7-14/h3-7H,2,8-13H2,1H3,(H,24,25). The number of likely N-dealkylation sites (tertiary alicyclic amines) is 1. The van der Waals surface area contributed by atoms with Crippen LogP contribution < -0.4 is 0 Å². The first-order valence-corrected chi connectivity index (χ1v) is 8.54. The Balaban J connectivity index is 2.23. The minimum absolute atomic E-state index is 0.0123. The molecule has 1 aromatic carbocycles. The van der Waals surface area contributed by atoms with Crippen molar-refractivity contribution in [3.8, 4) is 0 Å². The molecule has 1 N–H and O–H groups in total. The minimum atomic E-state index is -4.74. The summed E-state index contributed by atoms with van der Waals surface area (Å²) in [6.07, 6.45) is -4.71. The van der Waals surface area contributed by atoms with Crippen LogP contribution in [0.1, 0.15) is 25.3 Å². The van der Waals surface area contributed by atoms with E-state index in [9.17, 15) is 22.8 Å². The highest BCUT2D eigenvalue weighted by molar-refractivity contribution is 5.87. The average molecular weight is 372 g/mol. The lowest BCUT2D eigenvalue weighted by Crippen LogP contribution is -2.54. The van der Waals surface area contributed by atoms with Gasteiger partial charge in [0.05, 0.1) is 0 Å². The van der Waals surface area contributed by atoms with E-state index in [-0.39, 0.29) is 19.5 Å².